The number of hydrogen-bond acceptors (Lipinski definition) is 5. The van der Waals surface area contributed by atoms with Crippen molar-refractivity contribution < 1.29 is 14.3 Å². The molecule has 4 nitrogen and oxygen atoms in total. The molecule has 1 aliphatic heterocycles. The molecule has 0 radical (unpaired) electrons. The number of thiocarbonyl (C=S) groups is 1. The smallest absolute Gasteiger partial charge is 0.266 e. The van der Waals surface area contributed by atoms with E-state index in [1.165, 1.54) is 17.3 Å². The molecule has 0 aliphatic carbocycles. The summed E-state index contributed by atoms with van der Waals surface area (Å²) < 4.78 is 13.2. The maximum absolute atomic E-state index is 12.5. The van der Waals surface area contributed by atoms with Gasteiger partial charge in [0.2, 0.25) is 0 Å². The first-order chi connectivity index (χ1) is 13.9. The third kappa shape index (κ3) is 5.21. The molecule has 2 aromatic rings. The van der Waals surface area contributed by atoms with Crippen LogP contribution in [0.4, 0.5) is 0 Å². The fourth-order valence-electron chi connectivity index (χ4n) is 2.84. The molecule has 3 rings (SSSR count). The average Bonchev–Trinajstić information content (AvgIpc) is 2.95. The highest BCUT2D eigenvalue weighted by Gasteiger charge is 2.30. The zero-order chi connectivity index (χ0) is 21.0. The molecule has 1 fully saturated rings. The number of aryl methyl sites for hydroxylation is 1. The van der Waals surface area contributed by atoms with Crippen LogP contribution in [0.5, 0.6) is 11.5 Å². The van der Waals surface area contributed by atoms with Gasteiger partial charge in [-0.3, -0.25) is 9.69 Å². The van der Waals surface area contributed by atoms with Crippen LogP contribution in [0.1, 0.15) is 30.5 Å². The van der Waals surface area contributed by atoms with Crippen LogP contribution in [0, 0.1) is 6.92 Å². The molecule has 0 saturated carbocycles. The first-order valence-electron chi connectivity index (χ1n) is 9.33. The molecular weight excluding hydrogens is 470 g/mol. The second-order valence-corrected chi connectivity index (χ2v) is 8.99. The summed E-state index contributed by atoms with van der Waals surface area (Å²) in [7, 11) is 0. The largest absolute Gasteiger partial charge is 0.490 e. The molecule has 152 valence electrons. The second-order valence-electron chi connectivity index (χ2n) is 6.46. The van der Waals surface area contributed by atoms with Crippen LogP contribution < -0.4 is 9.47 Å². The molecule has 0 N–H and O–H groups in total. The number of nitrogens with zero attached hydrogens (tertiary/aromatic N) is 1. The number of likely N-dealkylation sites (N-methyl/N-ethyl adjacent to an activating group) is 1. The van der Waals surface area contributed by atoms with E-state index >= 15 is 0 Å². The Labute approximate surface area is 189 Å². The van der Waals surface area contributed by atoms with Gasteiger partial charge in [0, 0.05) is 6.54 Å². The monoisotopic (exact) mass is 491 g/mol. The van der Waals surface area contributed by atoms with Gasteiger partial charge in [-0.2, -0.15) is 0 Å². The molecule has 2 aromatic carbocycles. The summed E-state index contributed by atoms with van der Waals surface area (Å²) in [6.45, 7) is 7.42. The van der Waals surface area contributed by atoms with Gasteiger partial charge in [0.15, 0.2) is 11.5 Å². The topological polar surface area (TPSA) is 38.8 Å². The first kappa shape index (κ1) is 21.9. The van der Waals surface area contributed by atoms with Crippen molar-refractivity contribution in [2.24, 2.45) is 0 Å². The summed E-state index contributed by atoms with van der Waals surface area (Å²) in [5, 5.41) is 0. The van der Waals surface area contributed by atoms with Crippen LogP contribution in [0.3, 0.4) is 0 Å². The van der Waals surface area contributed by atoms with Crippen molar-refractivity contribution in [3.63, 3.8) is 0 Å². The lowest BCUT2D eigenvalue weighted by Crippen LogP contribution is -2.27. The maximum Gasteiger partial charge on any atom is 0.266 e. The Morgan fingerprint density at radius 3 is 2.52 bits per heavy atom. The quantitative estimate of drug-likeness (QED) is 0.353. The molecule has 0 spiro atoms. The molecule has 1 saturated heterocycles. The minimum atomic E-state index is -0.0590. The third-order valence-corrected chi connectivity index (χ3v) is 6.29. The molecule has 0 atom stereocenters. The number of carbonyl (C=O) groups is 1. The highest BCUT2D eigenvalue weighted by atomic mass is 79.9. The number of rotatable bonds is 7. The SMILES string of the molecule is CCOc1cc(/C=C2\SC(=S)N(CC)C2=O)cc(Br)c1OCc1ccc(C)cc1. The van der Waals surface area contributed by atoms with E-state index in [0.717, 1.165) is 15.6 Å². The van der Waals surface area contributed by atoms with Crippen LogP contribution in [0.25, 0.3) is 6.08 Å². The van der Waals surface area contributed by atoms with Gasteiger partial charge in [-0.15, -0.1) is 0 Å². The van der Waals surface area contributed by atoms with Crippen molar-refractivity contribution in [3.8, 4) is 11.5 Å². The summed E-state index contributed by atoms with van der Waals surface area (Å²) in [4.78, 5) is 14.7. The lowest BCUT2D eigenvalue weighted by Gasteiger charge is -2.15. The van der Waals surface area contributed by atoms with Gasteiger partial charge < -0.3 is 9.47 Å². The van der Waals surface area contributed by atoms with Crippen molar-refractivity contribution in [2.45, 2.75) is 27.4 Å². The average molecular weight is 492 g/mol. The summed E-state index contributed by atoms with van der Waals surface area (Å²) in [5.74, 6) is 1.22. The standard InChI is InChI=1S/C22H22BrNO3S2/c1-4-24-21(25)19(29-22(24)28)12-16-10-17(23)20(18(11-16)26-5-2)27-13-15-8-6-14(3)7-9-15/h6-12H,4-5,13H2,1-3H3/b19-12-. The molecule has 7 heteroatoms. The maximum atomic E-state index is 12.5. The Balaban J connectivity index is 1.86. The Kier molecular flexibility index (Phi) is 7.38. The van der Waals surface area contributed by atoms with Crippen LogP contribution in [-0.4, -0.2) is 28.3 Å². The van der Waals surface area contributed by atoms with E-state index in [2.05, 4.69) is 35.0 Å². The van der Waals surface area contributed by atoms with Gasteiger partial charge >= 0.3 is 0 Å². The summed E-state index contributed by atoms with van der Waals surface area (Å²) >= 11 is 10.2. The van der Waals surface area contributed by atoms with Crippen LogP contribution in [-0.2, 0) is 11.4 Å². The van der Waals surface area contributed by atoms with Crippen LogP contribution in [0.2, 0.25) is 0 Å². The Bertz CT molecular complexity index is 957. The summed E-state index contributed by atoms with van der Waals surface area (Å²) in [6, 6.07) is 12.0. The van der Waals surface area contributed by atoms with E-state index < -0.39 is 0 Å². The van der Waals surface area contributed by atoms with Crippen molar-refractivity contribution in [3.05, 3.63) is 62.5 Å². The molecule has 29 heavy (non-hydrogen) atoms. The Morgan fingerprint density at radius 1 is 1.17 bits per heavy atom. The van der Waals surface area contributed by atoms with E-state index in [1.807, 2.05) is 44.2 Å². The fourth-order valence-corrected chi connectivity index (χ4v) is 4.80. The van der Waals surface area contributed by atoms with Crippen molar-refractivity contribution in [2.75, 3.05) is 13.2 Å². The van der Waals surface area contributed by atoms with Gasteiger partial charge in [-0.25, -0.2) is 0 Å². The highest BCUT2D eigenvalue weighted by Crippen LogP contribution is 2.39. The number of thioether (sulfide) groups is 1. The summed E-state index contributed by atoms with van der Waals surface area (Å²) in [5.41, 5.74) is 3.14. The summed E-state index contributed by atoms with van der Waals surface area (Å²) in [6.07, 6.45) is 1.84. The van der Waals surface area contributed by atoms with Crippen molar-refractivity contribution in [1.82, 2.24) is 4.90 Å². The zero-order valence-corrected chi connectivity index (χ0v) is 19.7. The van der Waals surface area contributed by atoms with Gasteiger partial charge in [-0.1, -0.05) is 53.8 Å². The van der Waals surface area contributed by atoms with E-state index in [9.17, 15) is 4.79 Å². The number of halogens is 1. The molecule has 1 aliphatic rings. The van der Waals surface area contributed by atoms with Crippen LogP contribution >= 0.6 is 39.9 Å². The first-order valence-corrected chi connectivity index (χ1v) is 11.3. The van der Waals surface area contributed by atoms with E-state index in [-0.39, 0.29) is 5.91 Å². The molecule has 0 unspecified atom stereocenters. The minimum Gasteiger partial charge on any atom is -0.490 e. The molecule has 0 bridgehead atoms. The normalized spacial score (nSPS) is 15.3. The van der Waals surface area contributed by atoms with E-state index in [4.69, 9.17) is 21.7 Å². The minimum absolute atomic E-state index is 0.0590. The number of hydrogen-bond donors (Lipinski definition) is 0. The van der Waals surface area contributed by atoms with Gasteiger partial charge in [0.25, 0.3) is 5.91 Å². The predicted octanol–water partition coefficient (Wildman–Crippen LogP) is 5.96. The predicted molar refractivity (Wildman–Crippen MR) is 126 cm³/mol. The van der Waals surface area contributed by atoms with E-state index in [0.29, 0.717) is 40.5 Å². The number of benzene rings is 2. The van der Waals surface area contributed by atoms with Crippen LogP contribution in [0.15, 0.2) is 45.8 Å². The van der Waals surface area contributed by atoms with Gasteiger partial charge in [0.1, 0.15) is 10.9 Å². The van der Waals surface area contributed by atoms with Gasteiger partial charge in [-0.05, 0) is 66.0 Å². The third-order valence-electron chi connectivity index (χ3n) is 4.32. The molecule has 1 amide bonds. The Morgan fingerprint density at radius 2 is 1.90 bits per heavy atom. The molecular formula is C22H22BrNO3S2. The number of carbonyl (C=O) groups excluding carboxylic acids is 1. The molecule has 1 heterocycles. The van der Waals surface area contributed by atoms with Gasteiger partial charge in [0.05, 0.1) is 16.0 Å². The number of amides is 1. The second kappa shape index (κ2) is 9.78. The van der Waals surface area contributed by atoms with Crippen molar-refractivity contribution >= 4 is 56.2 Å². The van der Waals surface area contributed by atoms with Crippen molar-refractivity contribution in [1.29, 1.82) is 0 Å². The Hall–Kier alpha value is -1.83. The zero-order valence-electron chi connectivity index (χ0n) is 16.5. The fraction of sp³-hybridized carbons (Fsp3) is 0.273. The lowest BCUT2D eigenvalue weighted by molar-refractivity contribution is -0.121. The highest BCUT2D eigenvalue weighted by molar-refractivity contribution is 9.10. The van der Waals surface area contributed by atoms with E-state index in [1.54, 1.807) is 4.90 Å². The number of ether oxygens (including phenoxy) is 2. The lowest BCUT2D eigenvalue weighted by atomic mass is 10.1. The molecule has 0 aromatic heterocycles.